The van der Waals surface area contributed by atoms with E-state index in [1.54, 1.807) is 26.4 Å². The van der Waals surface area contributed by atoms with Crippen molar-refractivity contribution in [3.05, 3.63) is 46.7 Å². The maximum atomic E-state index is 11.0. The van der Waals surface area contributed by atoms with Crippen LogP contribution in [0.25, 0.3) is 5.57 Å². The first kappa shape index (κ1) is 20.5. The smallest absolute Gasteiger partial charge is 0.194 e. The molecule has 1 aromatic rings. The van der Waals surface area contributed by atoms with E-state index >= 15 is 0 Å². The van der Waals surface area contributed by atoms with Gasteiger partial charge in [0.15, 0.2) is 5.79 Å². The molecule has 0 fully saturated rings. The highest BCUT2D eigenvalue weighted by molar-refractivity contribution is 5.86. The zero-order valence-electron chi connectivity index (χ0n) is 17.2. The fourth-order valence-electron chi connectivity index (χ4n) is 3.51. The van der Waals surface area contributed by atoms with Gasteiger partial charge in [0, 0.05) is 37.9 Å². The lowest BCUT2D eigenvalue weighted by molar-refractivity contribution is -0.172. The molecule has 0 atom stereocenters. The van der Waals surface area contributed by atoms with Crippen LogP contribution in [0.2, 0.25) is 0 Å². The summed E-state index contributed by atoms with van der Waals surface area (Å²) >= 11 is 0. The van der Waals surface area contributed by atoms with Crippen molar-refractivity contribution >= 4 is 5.57 Å². The molecule has 26 heavy (non-hydrogen) atoms. The summed E-state index contributed by atoms with van der Waals surface area (Å²) in [5.41, 5.74) is 2.87. The molecule has 0 saturated carbocycles. The molecular formula is C22H32O4. The fourth-order valence-corrected chi connectivity index (χ4v) is 3.51. The number of aliphatic hydroxyl groups is 1. The zero-order chi connectivity index (χ0) is 19.9. The second-order valence-electron chi connectivity index (χ2n) is 8.98. The van der Waals surface area contributed by atoms with Crippen LogP contribution >= 0.6 is 0 Å². The molecule has 1 aliphatic rings. The summed E-state index contributed by atoms with van der Waals surface area (Å²) in [5.74, 6) is -0.781. The average Bonchev–Trinajstić information content (AvgIpc) is 2.52. The monoisotopic (exact) mass is 360 g/mol. The molecule has 0 aliphatic heterocycles. The van der Waals surface area contributed by atoms with Crippen molar-refractivity contribution in [1.29, 1.82) is 0 Å². The van der Waals surface area contributed by atoms with Crippen molar-refractivity contribution in [3.63, 3.8) is 0 Å². The van der Waals surface area contributed by atoms with Crippen LogP contribution in [0.4, 0.5) is 0 Å². The van der Waals surface area contributed by atoms with Gasteiger partial charge in [-0.15, -0.1) is 0 Å². The second-order valence-corrected chi connectivity index (χ2v) is 8.98. The summed E-state index contributed by atoms with van der Waals surface area (Å²) in [5, 5.41) is 21.7. The van der Waals surface area contributed by atoms with Gasteiger partial charge in [-0.2, -0.15) is 0 Å². The number of aromatic hydroxyl groups is 1. The molecule has 1 aromatic carbocycles. The van der Waals surface area contributed by atoms with E-state index in [0.29, 0.717) is 17.6 Å². The van der Waals surface area contributed by atoms with Gasteiger partial charge in [-0.3, -0.25) is 0 Å². The molecule has 0 heterocycles. The van der Waals surface area contributed by atoms with Gasteiger partial charge in [0.05, 0.1) is 0 Å². The van der Waals surface area contributed by atoms with Gasteiger partial charge in [-0.1, -0.05) is 53.7 Å². The highest BCUT2D eigenvalue weighted by atomic mass is 16.7. The van der Waals surface area contributed by atoms with E-state index in [1.165, 1.54) is 0 Å². The SMILES string of the molecule is COC1(OC)C=C(O)C(c2c(O)cccc2C(C)(C)C)=C(C(C)(C)C)C1. The summed E-state index contributed by atoms with van der Waals surface area (Å²) in [6.45, 7) is 12.6. The minimum absolute atomic E-state index is 0.0666. The predicted octanol–water partition coefficient (Wildman–Crippen LogP) is 5.32. The molecule has 0 saturated heterocycles. The lowest BCUT2D eigenvalue weighted by Crippen LogP contribution is -2.37. The number of aliphatic hydroxyl groups excluding tert-OH is 1. The molecule has 1 aliphatic carbocycles. The molecule has 144 valence electrons. The summed E-state index contributed by atoms with van der Waals surface area (Å²) in [6, 6.07) is 5.51. The summed E-state index contributed by atoms with van der Waals surface area (Å²) in [6.07, 6.45) is 2.07. The standard InChI is InChI=1S/C22H32O4/c1-20(2,3)14-10-9-11-16(23)18(14)19-15(21(4,5)6)12-22(25-7,26-8)13-17(19)24/h9-11,13,23-24H,12H2,1-8H3. The Balaban J connectivity index is 2.87. The molecule has 0 bridgehead atoms. The number of hydrogen-bond donors (Lipinski definition) is 2. The van der Waals surface area contributed by atoms with Gasteiger partial charge < -0.3 is 19.7 Å². The quantitative estimate of drug-likeness (QED) is 0.716. The highest BCUT2D eigenvalue weighted by Crippen LogP contribution is 2.49. The van der Waals surface area contributed by atoms with E-state index < -0.39 is 5.79 Å². The van der Waals surface area contributed by atoms with Crippen LogP contribution in [-0.4, -0.2) is 30.2 Å². The van der Waals surface area contributed by atoms with E-state index in [0.717, 1.165) is 11.1 Å². The predicted molar refractivity (Wildman–Crippen MR) is 105 cm³/mol. The number of hydrogen-bond acceptors (Lipinski definition) is 4. The molecule has 2 rings (SSSR count). The molecule has 0 amide bonds. The number of benzene rings is 1. The highest BCUT2D eigenvalue weighted by Gasteiger charge is 2.41. The first-order valence-corrected chi connectivity index (χ1v) is 8.95. The zero-order valence-corrected chi connectivity index (χ0v) is 17.2. The molecule has 4 heteroatoms. The third-order valence-corrected chi connectivity index (χ3v) is 5.03. The number of phenols is 1. The van der Waals surface area contributed by atoms with Crippen molar-refractivity contribution in [2.24, 2.45) is 5.41 Å². The first-order valence-electron chi connectivity index (χ1n) is 8.95. The lowest BCUT2D eigenvalue weighted by Gasteiger charge is -2.39. The van der Waals surface area contributed by atoms with Crippen LogP contribution in [0.3, 0.4) is 0 Å². The van der Waals surface area contributed by atoms with Gasteiger partial charge in [0.2, 0.25) is 0 Å². The van der Waals surface area contributed by atoms with Crippen LogP contribution in [0.5, 0.6) is 5.75 Å². The van der Waals surface area contributed by atoms with E-state index in [2.05, 4.69) is 41.5 Å². The normalized spacial score (nSPS) is 18.1. The number of rotatable bonds is 3. The molecule has 0 spiro atoms. The van der Waals surface area contributed by atoms with Gasteiger partial charge in [0.1, 0.15) is 11.5 Å². The third-order valence-electron chi connectivity index (χ3n) is 5.03. The van der Waals surface area contributed by atoms with Crippen LogP contribution in [0.15, 0.2) is 35.6 Å². The van der Waals surface area contributed by atoms with Crippen LogP contribution in [-0.2, 0) is 14.9 Å². The fraction of sp³-hybridized carbons (Fsp3) is 0.545. The maximum Gasteiger partial charge on any atom is 0.194 e. The number of allylic oxidation sites excluding steroid dienone is 1. The van der Waals surface area contributed by atoms with Crippen LogP contribution in [0.1, 0.15) is 59.1 Å². The van der Waals surface area contributed by atoms with Crippen LogP contribution < -0.4 is 0 Å². The van der Waals surface area contributed by atoms with Crippen molar-refractivity contribution in [2.45, 2.75) is 59.2 Å². The maximum absolute atomic E-state index is 11.0. The minimum atomic E-state index is -1.01. The number of phenolic OH excluding ortho intramolecular Hbond substituents is 1. The first-order chi connectivity index (χ1) is 11.9. The lowest BCUT2D eigenvalue weighted by atomic mass is 9.72. The Morgan fingerprint density at radius 2 is 1.50 bits per heavy atom. The van der Waals surface area contributed by atoms with Crippen molar-refractivity contribution in [3.8, 4) is 5.75 Å². The molecule has 0 radical (unpaired) electrons. The van der Waals surface area contributed by atoms with Gasteiger partial charge >= 0.3 is 0 Å². The van der Waals surface area contributed by atoms with Crippen LogP contribution in [0, 0.1) is 5.41 Å². The van der Waals surface area contributed by atoms with Crippen molar-refractivity contribution in [1.82, 2.24) is 0 Å². The summed E-state index contributed by atoms with van der Waals surface area (Å²) < 4.78 is 11.2. The minimum Gasteiger partial charge on any atom is -0.507 e. The molecule has 2 N–H and O–H groups in total. The largest absolute Gasteiger partial charge is 0.507 e. The second kappa shape index (κ2) is 6.75. The number of methoxy groups -OCH3 is 2. The third kappa shape index (κ3) is 3.67. The Kier molecular flexibility index (Phi) is 5.33. The summed E-state index contributed by atoms with van der Waals surface area (Å²) in [4.78, 5) is 0. The summed E-state index contributed by atoms with van der Waals surface area (Å²) in [7, 11) is 3.14. The van der Waals surface area contributed by atoms with E-state index in [9.17, 15) is 10.2 Å². The van der Waals surface area contributed by atoms with E-state index in [4.69, 9.17) is 9.47 Å². The van der Waals surface area contributed by atoms with Gasteiger partial charge in [-0.25, -0.2) is 0 Å². The molecule has 4 nitrogen and oxygen atoms in total. The topological polar surface area (TPSA) is 58.9 Å². The Hall–Kier alpha value is -1.78. The Labute approximate surface area is 157 Å². The van der Waals surface area contributed by atoms with E-state index in [1.807, 2.05) is 12.1 Å². The van der Waals surface area contributed by atoms with E-state index in [-0.39, 0.29) is 22.3 Å². The molecule has 0 unspecified atom stereocenters. The Morgan fingerprint density at radius 1 is 0.923 bits per heavy atom. The molecular weight excluding hydrogens is 328 g/mol. The average molecular weight is 360 g/mol. The Morgan fingerprint density at radius 3 is 1.96 bits per heavy atom. The molecule has 0 aromatic heterocycles. The van der Waals surface area contributed by atoms with Crippen molar-refractivity contribution in [2.75, 3.05) is 14.2 Å². The van der Waals surface area contributed by atoms with Crippen molar-refractivity contribution < 1.29 is 19.7 Å². The van der Waals surface area contributed by atoms with Gasteiger partial charge in [-0.05, 0) is 28.0 Å². The number of ether oxygens (including phenoxy) is 2. The Bertz CT molecular complexity index is 738. The van der Waals surface area contributed by atoms with Gasteiger partial charge in [0.25, 0.3) is 0 Å².